The minimum atomic E-state index is -0.967. The number of amides is 1. The molecule has 194 valence electrons. The van der Waals surface area contributed by atoms with Gasteiger partial charge in [0.05, 0.1) is 36.7 Å². The number of pyridine rings is 1. The van der Waals surface area contributed by atoms with Gasteiger partial charge in [-0.3, -0.25) is 9.48 Å². The zero-order valence-corrected chi connectivity index (χ0v) is 21.3. The number of carbonyl (C=O) groups is 1. The maximum absolute atomic E-state index is 15.0. The van der Waals surface area contributed by atoms with E-state index >= 15 is 0 Å². The van der Waals surface area contributed by atoms with Crippen molar-refractivity contribution in [3.8, 4) is 33.9 Å². The van der Waals surface area contributed by atoms with Crippen molar-refractivity contribution >= 4 is 34.0 Å². The van der Waals surface area contributed by atoms with Crippen LogP contribution in [0.25, 0.3) is 21.5 Å². The van der Waals surface area contributed by atoms with Crippen LogP contribution in [-0.2, 0) is 4.79 Å². The Hall–Kier alpha value is -4.50. The molecule has 0 saturated carbocycles. The van der Waals surface area contributed by atoms with Gasteiger partial charge in [-0.25, -0.2) is 18.7 Å². The Balaban J connectivity index is 1.72. The zero-order chi connectivity index (χ0) is 27.0. The van der Waals surface area contributed by atoms with Crippen LogP contribution in [-0.4, -0.2) is 57.9 Å². The van der Waals surface area contributed by atoms with Crippen LogP contribution in [0.5, 0.6) is 11.5 Å². The molecule has 12 heteroatoms. The number of nitrogen functional groups attached to an aromatic ring is 1. The maximum atomic E-state index is 15.0. The van der Waals surface area contributed by atoms with Crippen molar-refractivity contribution in [3.63, 3.8) is 0 Å². The third-order valence-electron chi connectivity index (χ3n) is 6.29. The Kier molecular flexibility index (Phi) is 6.69. The average Bonchev–Trinajstić information content (AvgIpc) is 3.69. The molecule has 9 nitrogen and oxygen atoms in total. The first-order chi connectivity index (χ1) is 18.4. The summed E-state index contributed by atoms with van der Waals surface area (Å²) < 4.78 is 41.7. The Bertz CT molecular complexity index is 1600. The van der Waals surface area contributed by atoms with Gasteiger partial charge in [0.2, 0.25) is 5.91 Å². The van der Waals surface area contributed by atoms with E-state index in [0.29, 0.717) is 41.0 Å². The van der Waals surface area contributed by atoms with Crippen molar-refractivity contribution in [1.82, 2.24) is 24.6 Å². The van der Waals surface area contributed by atoms with E-state index in [2.05, 4.69) is 28.4 Å². The topological polar surface area (TPSA) is 108 Å². The summed E-state index contributed by atoms with van der Waals surface area (Å²) in [6.07, 6.45) is 5.18. The molecule has 1 saturated heterocycles. The molecule has 38 heavy (non-hydrogen) atoms. The third kappa shape index (κ3) is 4.20. The molecule has 3 aromatic heterocycles. The highest BCUT2D eigenvalue weighted by Crippen LogP contribution is 2.37. The van der Waals surface area contributed by atoms with Crippen LogP contribution in [0, 0.1) is 23.5 Å². The van der Waals surface area contributed by atoms with Crippen LogP contribution < -0.4 is 15.2 Å². The summed E-state index contributed by atoms with van der Waals surface area (Å²) in [5, 5.41) is 7.66. The average molecular weight is 537 g/mol. The summed E-state index contributed by atoms with van der Waals surface area (Å²) in [5.41, 5.74) is 7.24. The van der Waals surface area contributed by atoms with E-state index in [1.54, 1.807) is 22.0 Å². The molecule has 1 aromatic carbocycles. The lowest BCUT2D eigenvalue weighted by Gasteiger charge is -2.16. The van der Waals surface area contributed by atoms with Crippen LogP contribution in [0.4, 0.5) is 14.6 Å². The van der Waals surface area contributed by atoms with Gasteiger partial charge in [0.25, 0.3) is 0 Å². The molecule has 1 fully saturated rings. The molecule has 0 aliphatic carbocycles. The number of likely N-dealkylation sites (tertiary alicyclic amines) is 1. The number of fused-ring (bicyclic) bond motifs is 1. The molecule has 0 bridgehead atoms. The van der Waals surface area contributed by atoms with Gasteiger partial charge >= 0.3 is 0 Å². The number of hydrogen-bond donors (Lipinski definition) is 1. The van der Waals surface area contributed by atoms with Crippen LogP contribution in [0.2, 0.25) is 0 Å². The molecule has 2 N–H and O–H groups in total. The largest absolute Gasteiger partial charge is 0.493 e. The highest BCUT2D eigenvalue weighted by molar-refractivity contribution is 7.13. The van der Waals surface area contributed by atoms with Crippen molar-refractivity contribution in [2.45, 2.75) is 12.5 Å². The van der Waals surface area contributed by atoms with E-state index in [1.165, 1.54) is 31.6 Å². The van der Waals surface area contributed by atoms with E-state index in [1.807, 2.05) is 5.38 Å². The minimum Gasteiger partial charge on any atom is -0.493 e. The maximum Gasteiger partial charge on any atom is 0.246 e. The van der Waals surface area contributed by atoms with Gasteiger partial charge < -0.3 is 20.1 Å². The molecule has 0 spiro atoms. The number of aromatic nitrogens is 4. The number of benzene rings is 1. The lowest BCUT2D eigenvalue weighted by molar-refractivity contribution is -0.125. The molecule has 4 aromatic rings. The summed E-state index contributed by atoms with van der Waals surface area (Å²) in [6, 6.07) is 0.904. The van der Waals surface area contributed by atoms with Crippen LogP contribution >= 0.6 is 11.3 Å². The first kappa shape index (κ1) is 25.2. The molecule has 0 unspecified atom stereocenters. The van der Waals surface area contributed by atoms with Crippen molar-refractivity contribution in [3.05, 3.63) is 59.4 Å². The number of nitrogens with zero attached hydrogens (tertiary/aromatic N) is 5. The number of rotatable bonds is 5. The zero-order valence-electron chi connectivity index (χ0n) is 20.5. The Morgan fingerprint density at radius 1 is 1.24 bits per heavy atom. The van der Waals surface area contributed by atoms with Crippen LogP contribution in [0.15, 0.2) is 36.5 Å². The molecule has 0 radical (unpaired) electrons. The number of methoxy groups -OCH3 is 2. The number of anilines is 1. The summed E-state index contributed by atoms with van der Waals surface area (Å²) in [6.45, 7) is 4.48. The molecular formula is C26H22F2N6O3S. The molecule has 1 atom stereocenters. The van der Waals surface area contributed by atoms with Crippen LogP contribution in [0.1, 0.15) is 23.7 Å². The lowest BCUT2D eigenvalue weighted by Crippen LogP contribution is -2.27. The minimum absolute atomic E-state index is 0.150. The predicted octanol–water partition coefficient (Wildman–Crippen LogP) is 3.79. The second kappa shape index (κ2) is 10.1. The third-order valence-corrected chi connectivity index (χ3v) is 7.10. The molecule has 1 aliphatic rings. The van der Waals surface area contributed by atoms with Gasteiger partial charge in [0.1, 0.15) is 22.1 Å². The SMILES string of the molecule is C=CC(=O)N1CC[C@H](n2nc(C#Cc3c(F)c(OC)cc(OC)c3F)c3c(N)ncc(-c4nccs4)c32)C1. The second-order valence-electron chi connectivity index (χ2n) is 8.38. The lowest BCUT2D eigenvalue weighted by atomic mass is 10.1. The molecule has 1 aliphatic heterocycles. The first-order valence-electron chi connectivity index (χ1n) is 11.5. The normalized spacial score (nSPS) is 14.8. The van der Waals surface area contributed by atoms with Gasteiger partial charge in [-0.1, -0.05) is 12.5 Å². The van der Waals surface area contributed by atoms with Crippen molar-refractivity contribution < 1.29 is 23.0 Å². The van der Waals surface area contributed by atoms with Gasteiger partial charge in [-0.2, -0.15) is 5.10 Å². The highest BCUT2D eigenvalue weighted by Gasteiger charge is 2.30. The van der Waals surface area contributed by atoms with E-state index in [-0.39, 0.29) is 35.0 Å². The molecule has 5 rings (SSSR count). The van der Waals surface area contributed by atoms with Gasteiger partial charge in [0, 0.05) is 36.9 Å². The Morgan fingerprint density at radius 2 is 1.97 bits per heavy atom. The van der Waals surface area contributed by atoms with E-state index in [9.17, 15) is 13.6 Å². The summed E-state index contributed by atoms with van der Waals surface area (Å²) in [7, 11) is 2.52. The summed E-state index contributed by atoms with van der Waals surface area (Å²) in [4.78, 5) is 22.6. The monoisotopic (exact) mass is 536 g/mol. The van der Waals surface area contributed by atoms with Gasteiger partial charge in [-0.15, -0.1) is 11.3 Å². The molecule has 4 heterocycles. The van der Waals surface area contributed by atoms with Crippen molar-refractivity contribution in [2.24, 2.45) is 0 Å². The van der Waals surface area contributed by atoms with Crippen molar-refractivity contribution in [1.29, 1.82) is 0 Å². The van der Waals surface area contributed by atoms with Gasteiger partial charge in [0.15, 0.2) is 23.1 Å². The summed E-state index contributed by atoms with van der Waals surface area (Å²) >= 11 is 1.41. The molecular weight excluding hydrogens is 514 g/mol. The predicted molar refractivity (Wildman–Crippen MR) is 139 cm³/mol. The number of carbonyl (C=O) groups excluding carboxylic acids is 1. The number of hydrogen-bond acceptors (Lipinski definition) is 8. The number of halogens is 2. The fraction of sp³-hybridized carbons (Fsp3) is 0.231. The molecule has 1 amide bonds. The summed E-state index contributed by atoms with van der Waals surface area (Å²) in [5.74, 6) is 2.94. The Morgan fingerprint density at radius 3 is 2.61 bits per heavy atom. The standard InChI is InChI=1S/C26H22F2N6O3S/c1-4-20(35)33-9-7-14(13-33)34-24-16(26-30-8-10-38-26)12-31-25(29)21(24)17(32-34)6-5-15-22(27)18(36-2)11-19(37-3)23(15)28/h4,8,10-12,14H,1,7,9,13H2,2-3H3,(H2,29,31)/t14-/m0/s1. The van der Waals surface area contributed by atoms with Crippen molar-refractivity contribution in [2.75, 3.05) is 33.0 Å². The smallest absolute Gasteiger partial charge is 0.246 e. The van der Waals surface area contributed by atoms with Crippen LogP contribution in [0.3, 0.4) is 0 Å². The number of thiazole rings is 1. The van der Waals surface area contributed by atoms with E-state index in [4.69, 9.17) is 20.3 Å². The van der Waals surface area contributed by atoms with Gasteiger partial charge in [-0.05, 0) is 18.4 Å². The second-order valence-corrected chi connectivity index (χ2v) is 9.27. The number of nitrogens with two attached hydrogens (primary N) is 1. The Labute approximate surface area is 220 Å². The highest BCUT2D eigenvalue weighted by atomic mass is 32.1. The quantitative estimate of drug-likeness (QED) is 0.305. The first-order valence-corrected chi connectivity index (χ1v) is 12.4. The fourth-order valence-electron chi connectivity index (χ4n) is 4.45. The van der Waals surface area contributed by atoms with E-state index < -0.39 is 17.2 Å². The number of ether oxygens (including phenoxy) is 2. The van der Waals surface area contributed by atoms with E-state index in [0.717, 1.165) is 6.07 Å². The fourth-order valence-corrected chi connectivity index (χ4v) is 5.10.